The average Bonchev–Trinajstić information content (AvgIpc) is 3.27. The number of nitro groups is 1. The number of hydrogen-bond donors (Lipinski definition) is 1. The Balaban J connectivity index is 1.58. The van der Waals surface area contributed by atoms with Crippen LogP contribution in [0.3, 0.4) is 0 Å². The number of benzene rings is 3. The standard InChI is InChI=1S/C24H21N5O4S/c1-16-3-9-19(10-4-16)28-23(17-5-11-20(12-6-17)29(31)32)26-27-24(28)34-15-22(30)25-18-7-13-21(33-2)14-8-18/h3-14H,15H2,1-2H3,(H,25,30). The Labute approximate surface area is 199 Å². The molecule has 0 unspecified atom stereocenters. The van der Waals surface area contributed by atoms with Crippen molar-refractivity contribution in [2.75, 3.05) is 18.2 Å². The van der Waals surface area contributed by atoms with Crippen LogP contribution in [0, 0.1) is 17.0 Å². The molecule has 172 valence electrons. The van der Waals surface area contributed by atoms with Crippen LogP contribution in [0.2, 0.25) is 0 Å². The van der Waals surface area contributed by atoms with Gasteiger partial charge in [0.1, 0.15) is 5.75 Å². The molecule has 0 spiro atoms. The Bertz CT molecular complexity index is 1300. The lowest BCUT2D eigenvalue weighted by molar-refractivity contribution is -0.384. The first-order valence-corrected chi connectivity index (χ1v) is 11.3. The largest absolute Gasteiger partial charge is 0.497 e. The first-order chi connectivity index (χ1) is 16.4. The van der Waals surface area contributed by atoms with Gasteiger partial charge in [0.15, 0.2) is 11.0 Å². The summed E-state index contributed by atoms with van der Waals surface area (Å²) in [5.74, 6) is 1.16. The maximum absolute atomic E-state index is 12.5. The van der Waals surface area contributed by atoms with Gasteiger partial charge < -0.3 is 10.1 Å². The Morgan fingerprint density at radius 2 is 1.71 bits per heavy atom. The number of anilines is 1. The zero-order valence-corrected chi connectivity index (χ0v) is 19.3. The molecule has 0 atom stereocenters. The second kappa shape index (κ2) is 10.2. The predicted octanol–water partition coefficient (Wildman–Crippen LogP) is 4.89. The van der Waals surface area contributed by atoms with Crippen LogP contribution in [-0.2, 0) is 4.79 Å². The van der Waals surface area contributed by atoms with Gasteiger partial charge in [0.25, 0.3) is 5.69 Å². The average molecular weight is 476 g/mol. The molecular formula is C24H21N5O4S. The number of aromatic nitrogens is 3. The van der Waals surface area contributed by atoms with E-state index in [4.69, 9.17) is 4.74 Å². The number of methoxy groups -OCH3 is 1. The molecule has 0 bridgehead atoms. The molecule has 0 aliphatic carbocycles. The molecule has 1 amide bonds. The van der Waals surface area contributed by atoms with Gasteiger partial charge in [-0.15, -0.1) is 10.2 Å². The quantitative estimate of drug-likeness (QED) is 0.219. The van der Waals surface area contributed by atoms with Crippen LogP contribution in [0.4, 0.5) is 11.4 Å². The lowest BCUT2D eigenvalue weighted by Crippen LogP contribution is -2.14. The third kappa shape index (κ3) is 5.24. The Kier molecular flexibility index (Phi) is 6.88. The summed E-state index contributed by atoms with van der Waals surface area (Å²) in [4.78, 5) is 23.1. The summed E-state index contributed by atoms with van der Waals surface area (Å²) in [5, 5.41) is 23.0. The van der Waals surface area contributed by atoms with E-state index in [-0.39, 0.29) is 17.3 Å². The van der Waals surface area contributed by atoms with Gasteiger partial charge in [-0.2, -0.15) is 0 Å². The molecule has 4 aromatic rings. The molecule has 0 fully saturated rings. The minimum atomic E-state index is -0.447. The number of nitrogens with one attached hydrogen (secondary N) is 1. The summed E-state index contributed by atoms with van der Waals surface area (Å²) in [6.07, 6.45) is 0. The van der Waals surface area contributed by atoms with Crippen LogP contribution in [0.15, 0.2) is 78.0 Å². The fourth-order valence-corrected chi connectivity index (χ4v) is 3.96. The molecule has 1 aromatic heterocycles. The molecule has 3 aromatic carbocycles. The number of thioether (sulfide) groups is 1. The van der Waals surface area contributed by atoms with E-state index < -0.39 is 4.92 Å². The van der Waals surface area contributed by atoms with Gasteiger partial charge in [0.05, 0.1) is 17.8 Å². The van der Waals surface area contributed by atoms with Crippen molar-refractivity contribution in [2.24, 2.45) is 0 Å². The van der Waals surface area contributed by atoms with Gasteiger partial charge >= 0.3 is 0 Å². The molecule has 0 radical (unpaired) electrons. The van der Waals surface area contributed by atoms with Crippen LogP contribution in [0.5, 0.6) is 5.75 Å². The highest BCUT2D eigenvalue weighted by atomic mass is 32.2. The highest BCUT2D eigenvalue weighted by Gasteiger charge is 2.18. The highest BCUT2D eigenvalue weighted by molar-refractivity contribution is 7.99. The van der Waals surface area contributed by atoms with Gasteiger partial charge in [-0.05, 0) is 55.5 Å². The van der Waals surface area contributed by atoms with E-state index in [1.165, 1.54) is 23.9 Å². The van der Waals surface area contributed by atoms with E-state index in [9.17, 15) is 14.9 Å². The summed E-state index contributed by atoms with van der Waals surface area (Å²) < 4.78 is 6.97. The van der Waals surface area contributed by atoms with E-state index in [0.717, 1.165) is 11.3 Å². The fraction of sp³-hybridized carbons (Fsp3) is 0.125. The Hall–Kier alpha value is -4.18. The van der Waals surface area contributed by atoms with Crippen LogP contribution in [0.25, 0.3) is 17.1 Å². The number of nitrogens with zero attached hydrogens (tertiary/aromatic N) is 4. The van der Waals surface area contributed by atoms with Crippen molar-refractivity contribution in [3.05, 3.63) is 88.5 Å². The fourth-order valence-electron chi connectivity index (χ4n) is 3.21. The molecule has 0 saturated carbocycles. The molecule has 10 heteroatoms. The van der Waals surface area contributed by atoms with E-state index in [0.29, 0.717) is 28.0 Å². The molecule has 0 saturated heterocycles. The van der Waals surface area contributed by atoms with Gasteiger partial charge in [-0.1, -0.05) is 29.5 Å². The number of carbonyl (C=O) groups is 1. The topological polar surface area (TPSA) is 112 Å². The summed E-state index contributed by atoms with van der Waals surface area (Å²) in [6, 6.07) is 21.0. The Morgan fingerprint density at radius 3 is 2.32 bits per heavy atom. The minimum absolute atomic E-state index is 0.00467. The second-order valence-corrected chi connectivity index (χ2v) is 8.29. The van der Waals surface area contributed by atoms with Crippen molar-refractivity contribution in [1.82, 2.24) is 14.8 Å². The van der Waals surface area contributed by atoms with E-state index in [1.807, 2.05) is 35.8 Å². The second-order valence-electron chi connectivity index (χ2n) is 7.35. The third-order valence-electron chi connectivity index (χ3n) is 4.97. The normalized spacial score (nSPS) is 10.6. The molecule has 4 rings (SSSR count). The molecule has 0 aliphatic rings. The number of non-ortho nitro benzene ring substituents is 1. The number of rotatable bonds is 8. The zero-order chi connectivity index (χ0) is 24.1. The maximum atomic E-state index is 12.5. The van der Waals surface area contributed by atoms with Crippen molar-refractivity contribution in [2.45, 2.75) is 12.1 Å². The van der Waals surface area contributed by atoms with E-state index in [2.05, 4.69) is 15.5 Å². The van der Waals surface area contributed by atoms with Gasteiger partial charge in [0.2, 0.25) is 5.91 Å². The van der Waals surface area contributed by atoms with Gasteiger partial charge in [-0.25, -0.2) is 0 Å². The molecule has 1 N–H and O–H groups in total. The molecule has 0 aliphatic heterocycles. The number of ether oxygens (including phenoxy) is 1. The molecular weight excluding hydrogens is 454 g/mol. The lowest BCUT2D eigenvalue weighted by atomic mass is 10.2. The van der Waals surface area contributed by atoms with Crippen LogP contribution in [0.1, 0.15) is 5.56 Å². The van der Waals surface area contributed by atoms with Crippen molar-refractivity contribution < 1.29 is 14.5 Å². The number of nitro benzene ring substituents is 1. The van der Waals surface area contributed by atoms with Crippen LogP contribution < -0.4 is 10.1 Å². The summed E-state index contributed by atoms with van der Waals surface area (Å²) >= 11 is 1.25. The van der Waals surface area contributed by atoms with Gasteiger partial charge in [0, 0.05) is 29.1 Å². The molecule has 9 nitrogen and oxygen atoms in total. The molecule has 1 heterocycles. The lowest BCUT2D eigenvalue weighted by Gasteiger charge is -2.11. The SMILES string of the molecule is COc1ccc(NC(=O)CSc2nnc(-c3ccc([N+](=O)[O-])cc3)n2-c2ccc(C)cc2)cc1. The van der Waals surface area contributed by atoms with Crippen molar-refractivity contribution in [3.63, 3.8) is 0 Å². The smallest absolute Gasteiger partial charge is 0.269 e. The third-order valence-corrected chi connectivity index (χ3v) is 5.90. The van der Waals surface area contributed by atoms with Gasteiger partial charge in [-0.3, -0.25) is 19.5 Å². The molecule has 34 heavy (non-hydrogen) atoms. The first-order valence-electron chi connectivity index (χ1n) is 10.3. The highest BCUT2D eigenvalue weighted by Crippen LogP contribution is 2.29. The van der Waals surface area contributed by atoms with Crippen LogP contribution in [-0.4, -0.2) is 38.5 Å². The monoisotopic (exact) mass is 475 g/mol. The number of carbonyl (C=O) groups excluding carboxylic acids is 1. The zero-order valence-electron chi connectivity index (χ0n) is 18.5. The first kappa shape index (κ1) is 23.0. The maximum Gasteiger partial charge on any atom is 0.269 e. The van der Waals surface area contributed by atoms with Crippen molar-refractivity contribution in [3.8, 4) is 22.8 Å². The summed E-state index contributed by atoms with van der Waals surface area (Å²) in [7, 11) is 1.58. The predicted molar refractivity (Wildman–Crippen MR) is 131 cm³/mol. The van der Waals surface area contributed by atoms with Crippen molar-refractivity contribution in [1.29, 1.82) is 0 Å². The summed E-state index contributed by atoms with van der Waals surface area (Å²) in [6.45, 7) is 1.99. The number of hydrogen-bond acceptors (Lipinski definition) is 7. The number of aryl methyl sites for hydroxylation is 1. The minimum Gasteiger partial charge on any atom is -0.497 e. The van der Waals surface area contributed by atoms with E-state index in [1.54, 1.807) is 43.5 Å². The van der Waals surface area contributed by atoms with Crippen molar-refractivity contribution >= 4 is 29.0 Å². The Morgan fingerprint density at radius 1 is 1.03 bits per heavy atom. The summed E-state index contributed by atoms with van der Waals surface area (Å²) in [5.41, 5.74) is 3.25. The van der Waals surface area contributed by atoms with Crippen LogP contribution >= 0.6 is 11.8 Å². The van der Waals surface area contributed by atoms with E-state index >= 15 is 0 Å². The number of amides is 1.